The monoisotopic (exact) mass is 387 g/mol. The van der Waals surface area contributed by atoms with Crippen LogP contribution in [0.5, 0.6) is 0 Å². The molecule has 0 heterocycles. The average molecular weight is 388 g/mol. The summed E-state index contributed by atoms with van der Waals surface area (Å²) in [6.45, 7) is 0.973. The molecule has 6 nitrogen and oxygen atoms in total. The summed E-state index contributed by atoms with van der Waals surface area (Å²) in [6.07, 6.45) is 0. The van der Waals surface area contributed by atoms with Crippen LogP contribution in [0, 0.1) is 0 Å². The third-order valence-electron chi connectivity index (χ3n) is 3.08. The highest BCUT2D eigenvalue weighted by Gasteiger charge is 2.02. The first-order valence-corrected chi connectivity index (χ1v) is 6.98. The standard InChI is InChI=1S/C9H11NO2.C8H10N2O.2ClH/c1-12-9(11)8-4-2-7(6-10)3-5-8;9-5-6-1-3-7(4-2-6)8(10)11;;/h2-5H,6,10H2,1H3;1-4H,5,9H2,(H2,10,11);2*1H. The Labute approximate surface area is 159 Å². The highest BCUT2D eigenvalue weighted by atomic mass is 35.5. The number of nitrogens with two attached hydrogens (primary N) is 3. The number of benzene rings is 2. The van der Waals surface area contributed by atoms with Crippen LogP contribution in [0.25, 0.3) is 0 Å². The molecular weight excluding hydrogens is 365 g/mol. The molecule has 0 radical (unpaired) electrons. The summed E-state index contributed by atoms with van der Waals surface area (Å²) >= 11 is 0. The third-order valence-corrected chi connectivity index (χ3v) is 3.08. The Morgan fingerprint density at radius 1 is 0.800 bits per heavy atom. The van der Waals surface area contributed by atoms with Gasteiger partial charge in [-0.25, -0.2) is 4.79 Å². The van der Waals surface area contributed by atoms with E-state index in [4.69, 9.17) is 17.2 Å². The average Bonchev–Trinajstić information content (AvgIpc) is 2.61. The Bertz CT molecular complexity index is 647. The van der Waals surface area contributed by atoms with Gasteiger partial charge in [0.2, 0.25) is 5.91 Å². The van der Waals surface area contributed by atoms with Gasteiger partial charge in [-0.1, -0.05) is 24.3 Å². The molecule has 0 aliphatic carbocycles. The van der Waals surface area contributed by atoms with Crippen molar-refractivity contribution in [1.29, 1.82) is 0 Å². The number of carbonyl (C=O) groups is 2. The Kier molecular flexibility index (Phi) is 13.3. The smallest absolute Gasteiger partial charge is 0.337 e. The first-order valence-electron chi connectivity index (χ1n) is 6.98. The lowest BCUT2D eigenvalue weighted by atomic mass is 10.1. The van der Waals surface area contributed by atoms with Gasteiger partial charge in [-0.05, 0) is 35.4 Å². The van der Waals surface area contributed by atoms with Crippen molar-refractivity contribution >= 4 is 36.7 Å². The van der Waals surface area contributed by atoms with Gasteiger partial charge in [-0.2, -0.15) is 0 Å². The van der Waals surface area contributed by atoms with Crippen LogP contribution in [0.4, 0.5) is 0 Å². The predicted octanol–water partition coefficient (Wildman–Crippen LogP) is 2.02. The van der Waals surface area contributed by atoms with E-state index in [0.717, 1.165) is 11.1 Å². The lowest BCUT2D eigenvalue weighted by Crippen LogP contribution is -2.10. The fourth-order valence-corrected chi connectivity index (χ4v) is 1.70. The summed E-state index contributed by atoms with van der Waals surface area (Å²) in [5, 5.41) is 0. The van der Waals surface area contributed by atoms with Gasteiger partial charge in [-0.15, -0.1) is 24.8 Å². The van der Waals surface area contributed by atoms with Gasteiger partial charge in [0.25, 0.3) is 0 Å². The van der Waals surface area contributed by atoms with Crippen LogP contribution in [0.15, 0.2) is 48.5 Å². The van der Waals surface area contributed by atoms with Crippen molar-refractivity contribution in [3.8, 4) is 0 Å². The van der Waals surface area contributed by atoms with Gasteiger partial charge in [0.1, 0.15) is 0 Å². The Morgan fingerprint density at radius 2 is 1.16 bits per heavy atom. The summed E-state index contributed by atoms with van der Waals surface area (Å²) in [4.78, 5) is 21.6. The normalized spacial score (nSPS) is 8.76. The zero-order chi connectivity index (χ0) is 17.2. The van der Waals surface area contributed by atoms with Crippen LogP contribution in [-0.4, -0.2) is 19.0 Å². The Balaban J connectivity index is 0. The molecule has 2 aromatic rings. The molecule has 138 valence electrons. The highest BCUT2D eigenvalue weighted by molar-refractivity contribution is 5.92. The third kappa shape index (κ3) is 8.51. The van der Waals surface area contributed by atoms with E-state index in [1.165, 1.54) is 7.11 Å². The quantitative estimate of drug-likeness (QED) is 0.692. The number of amides is 1. The maximum atomic E-state index is 11.0. The van der Waals surface area contributed by atoms with Crippen LogP contribution >= 0.6 is 24.8 Å². The van der Waals surface area contributed by atoms with Crippen molar-refractivity contribution in [2.75, 3.05) is 7.11 Å². The number of rotatable bonds is 4. The molecule has 1 amide bonds. The molecule has 2 rings (SSSR count). The molecule has 2 aromatic carbocycles. The van der Waals surface area contributed by atoms with Crippen molar-refractivity contribution in [3.63, 3.8) is 0 Å². The minimum absolute atomic E-state index is 0. The van der Waals surface area contributed by atoms with Crippen LogP contribution in [0.3, 0.4) is 0 Å². The van der Waals surface area contributed by atoms with Gasteiger partial charge in [0.15, 0.2) is 0 Å². The second-order valence-corrected chi connectivity index (χ2v) is 4.66. The zero-order valence-electron chi connectivity index (χ0n) is 13.8. The molecule has 8 heteroatoms. The van der Waals surface area contributed by atoms with Gasteiger partial charge >= 0.3 is 5.97 Å². The van der Waals surface area contributed by atoms with E-state index in [-0.39, 0.29) is 30.8 Å². The molecule has 0 saturated carbocycles. The fourth-order valence-electron chi connectivity index (χ4n) is 1.70. The topological polar surface area (TPSA) is 121 Å². The van der Waals surface area contributed by atoms with E-state index in [9.17, 15) is 9.59 Å². The van der Waals surface area contributed by atoms with E-state index >= 15 is 0 Å². The molecule has 0 aromatic heterocycles. The maximum Gasteiger partial charge on any atom is 0.337 e. The van der Waals surface area contributed by atoms with E-state index in [1.807, 2.05) is 12.1 Å². The van der Waals surface area contributed by atoms with Gasteiger partial charge in [0, 0.05) is 18.7 Å². The predicted molar refractivity (Wildman–Crippen MR) is 103 cm³/mol. The largest absolute Gasteiger partial charge is 0.465 e. The summed E-state index contributed by atoms with van der Waals surface area (Å²) in [6, 6.07) is 14.0. The van der Waals surface area contributed by atoms with Gasteiger partial charge < -0.3 is 21.9 Å². The Morgan fingerprint density at radius 3 is 1.44 bits per heavy atom. The Hall–Kier alpha value is -2.12. The van der Waals surface area contributed by atoms with Crippen LogP contribution in [0.2, 0.25) is 0 Å². The minimum atomic E-state index is -0.409. The van der Waals surface area contributed by atoms with Gasteiger partial charge in [-0.3, -0.25) is 4.79 Å². The summed E-state index contributed by atoms with van der Waals surface area (Å²) in [5.41, 5.74) is 18.9. The first kappa shape index (κ1) is 25.1. The molecule has 0 fully saturated rings. The van der Waals surface area contributed by atoms with E-state index in [2.05, 4.69) is 4.74 Å². The lowest BCUT2D eigenvalue weighted by Gasteiger charge is -1.99. The van der Waals surface area contributed by atoms with Crippen molar-refractivity contribution < 1.29 is 14.3 Å². The summed E-state index contributed by atoms with van der Waals surface area (Å²) < 4.78 is 4.54. The number of halogens is 2. The van der Waals surface area contributed by atoms with Crippen molar-refractivity contribution in [2.45, 2.75) is 13.1 Å². The number of carbonyl (C=O) groups excluding carboxylic acids is 2. The molecule has 0 unspecified atom stereocenters. The summed E-state index contributed by atoms with van der Waals surface area (Å²) in [7, 11) is 1.36. The molecule has 0 atom stereocenters. The molecule has 0 saturated heterocycles. The van der Waals surface area contributed by atoms with E-state index in [1.54, 1.807) is 36.4 Å². The van der Waals surface area contributed by atoms with Crippen LogP contribution in [0.1, 0.15) is 31.8 Å². The number of hydrogen-bond acceptors (Lipinski definition) is 5. The van der Waals surface area contributed by atoms with E-state index < -0.39 is 5.91 Å². The van der Waals surface area contributed by atoms with Gasteiger partial charge in [0.05, 0.1) is 12.7 Å². The molecule has 25 heavy (non-hydrogen) atoms. The number of methoxy groups -OCH3 is 1. The first-order chi connectivity index (χ1) is 11.0. The van der Waals surface area contributed by atoms with Crippen molar-refractivity contribution in [3.05, 3.63) is 70.8 Å². The molecule has 0 aliphatic heterocycles. The highest BCUT2D eigenvalue weighted by Crippen LogP contribution is 2.04. The molecule has 0 bridgehead atoms. The maximum absolute atomic E-state index is 11.0. The number of hydrogen-bond donors (Lipinski definition) is 3. The zero-order valence-corrected chi connectivity index (χ0v) is 15.4. The van der Waals surface area contributed by atoms with Crippen molar-refractivity contribution in [2.24, 2.45) is 17.2 Å². The molecule has 0 spiro atoms. The molecule has 0 aliphatic rings. The minimum Gasteiger partial charge on any atom is -0.465 e. The number of primary amides is 1. The lowest BCUT2D eigenvalue weighted by molar-refractivity contribution is 0.0600. The second-order valence-electron chi connectivity index (χ2n) is 4.66. The number of esters is 1. The van der Waals surface area contributed by atoms with Crippen molar-refractivity contribution in [1.82, 2.24) is 0 Å². The van der Waals surface area contributed by atoms with Crippen LogP contribution in [-0.2, 0) is 17.8 Å². The summed E-state index contributed by atoms with van der Waals surface area (Å²) in [5.74, 6) is -0.729. The number of ether oxygens (including phenoxy) is 1. The second kappa shape index (κ2) is 13.2. The van der Waals surface area contributed by atoms with Crippen LogP contribution < -0.4 is 17.2 Å². The SMILES string of the molecule is COC(=O)c1ccc(CN)cc1.Cl.Cl.NCc1ccc(C(N)=O)cc1. The van der Waals surface area contributed by atoms with E-state index in [0.29, 0.717) is 24.2 Å². The fraction of sp³-hybridized carbons (Fsp3) is 0.176. The molecular formula is C17H23Cl2N3O3. The molecule has 6 N–H and O–H groups in total.